The summed E-state index contributed by atoms with van der Waals surface area (Å²) in [5, 5.41) is 0. The zero-order chi connectivity index (χ0) is 7.94. The van der Waals surface area contributed by atoms with Crippen LogP contribution in [0.25, 0.3) is 0 Å². The minimum atomic E-state index is 1.05. The molecule has 0 saturated carbocycles. The number of allylic oxidation sites excluding steroid dienone is 2. The van der Waals surface area contributed by atoms with Gasteiger partial charge in [0.05, 0.1) is 0 Å². The number of nitrogens with zero attached hydrogens (tertiary/aromatic N) is 1. The maximum Gasteiger partial charge on any atom is 0.0406 e. The summed E-state index contributed by atoms with van der Waals surface area (Å²) < 4.78 is 0. The standard InChI is InChI=1S/C10H13N/c1-2-3-4-7-10-8-5-6-9-11-10/h2-3,5-6,8-9H,4,7H2,1H3/b3-2-. The van der Waals surface area contributed by atoms with Crippen molar-refractivity contribution < 1.29 is 0 Å². The maximum atomic E-state index is 4.22. The molecule has 0 atom stereocenters. The highest BCUT2D eigenvalue weighted by Gasteiger charge is 1.88. The van der Waals surface area contributed by atoms with Crippen LogP contribution in [0.2, 0.25) is 0 Å². The molecule has 1 rings (SSSR count). The highest BCUT2D eigenvalue weighted by molar-refractivity contribution is 5.04. The van der Waals surface area contributed by atoms with Crippen LogP contribution >= 0.6 is 0 Å². The molecule has 0 aliphatic carbocycles. The Morgan fingerprint density at radius 1 is 1.45 bits per heavy atom. The lowest BCUT2D eigenvalue weighted by atomic mass is 10.2. The van der Waals surface area contributed by atoms with Gasteiger partial charge in [0.2, 0.25) is 0 Å². The molecule has 58 valence electrons. The molecule has 0 N–H and O–H groups in total. The van der Waals surface area contributed by atoms with Gasteiger partial charge >= 0.3 is 0 Å². The lowest BCUT2D eigenvalue weighted by Crippen LogP contribution is -1.85. The Kier molecular flexibility index (Phi) is 3.39. The lowest BCUT2D eigenvalue weighted by Gasteiger charge is -1.94. The zero-order valence-electron chi connectivity index (χ0n) is 6.83. The van der Waals surface area contributed by atoms with Crippen LogP contribution in [-0.2, 0) is 6.42 Å². The van der Waals surface area contributed by atoms with Gasteiger partial charge in [-0.1, -0.05) is 18.2 Å². The molecule has 0 bridgehead atoms. The Morgan fingerprint density at radius 2 is 2.36 bits per heavy atom. The first-order valence-electron chi connectivity index (χ1n) is 3.94. The molecule has 1 heteroatoms. The minimum Gasteiger partial charge on any atom is -0.261 e. The Labute approximate surface area is 67.8 Å². The highest BCUT2D eigenvalue weighted by Crippen LogP contribution is 1.98. The van der Waals surface area contributed by atoms with Crippen LogP contribution < -0.4 is 0 Å². The monoisotopic (exact) mass is 147 g/mol. The highest BCUT2D eigenvalue weighted by atomic mass is 14.7. The third-order valence-corrected chi connectivity index (χ3v) is 1.53. The average molecular weight is 147 g/mol. The van der Waals surface area contributed by atoms with Gasteiger partial charge in [-0.25, -0.2) is 0 Å². The molecule has 11 heavy (non-hydrogen) atoms. The molecule has 1 heterocycles. The molecular formula is C10H13N. The van der Waals surface area contributed by atoms with Crippen molar-refractivity contribution >= 4 is 0 Å². The van der Waals surface area contributed by atoms with Crippen LogP contribution in [0.3, 0.4) is 0 Å². The predicted octanol–water partition coefficient (Wildman–Crippen LogP) is 2.59. The largest absolute Gasteiger partial charge is 0.261 e. The number of aryl methyl sites for hydroxylation is 1. The Bertz CT molecular complexity index is 214. The molecule has 1 aromatic rings. The third-order valence-electron chi connectivity index (χ3n) is 1.53. The third kappa shape index (κ3) is 2.99. The van der Waals surface area contributed by atoms with E-state index >= 15 is 0 Å². The van der Waals surface area contributed by atoms with Crippen LogP contribution in [-0.4, -0.2) is 4.98 Å². The molecule has 0 aliphatic heterocycles. The summed E-state index contributed by atoms with van der Waals surface area (Å²) in [5.74, 6) is 0. The number of rotatable bonds is 3. The van der Waals surface area contributed by atoms with Gasteiger partial charge in [-0.3, -0.25) is 4.98 Å². The second-order valence-corrected chi connectivity index (χ2v) is 2.43. The minimum absolute atomic E-state index is 1.05. The first kappa shape index (κ1) is 7.99. The summed E-state index contributed by atoms with van der Waals surface area (Å²) in [6, 6.07) is 6.03. The fourth-order valence-corrected chi connectivity index (χ4v) is 0.944. The van der Waals surface area contributed by atoms with Crippen LogP contribution in [0.4, 0.5) is 0 Å². The van der Waals surface area contributed by atoms with E-state index in [0.29, 0.717) is 0 Å². The number of pyridine rings is 1. The first-order valence-corrected chi connectivity index (χ1v) is 3.94. The van der Waals surface area contributed by atoms with Crippen molar-refractivity contribution in [1.82, 2.24) is 4.98 Å². The number of aromatic nitrogens is 1. The molecule has 0 fully saturated rings. The van der Waals surface area contributed by atoms with Crippen LogP contribution in [0.1, 0.15) is 19.0 Å². The SMILES string of the molecule is C/C=C\CCc1ccccn1. The van der Waals surface area contributed by atoms with Gasteiger partial charge < -0.3 is 0 Å². The van der Waals surface area contributed by atoms with Crippen LogP contribution in [0, 0.1) is 0 Å². The van der Waals surface area contributed by atoms with Crippen LogP contribution in [0.5, 0.6) is 0 Å². The Hall–Kier alpha value is -1.11. The van der Waals surface area contributed by atoms with Crippen molar-refractivity contribution in [1.29, 1.82) is 0 Å². The Balaban J connectivity index is 2.39. The molecule has 0 aromatic carbocycles. The van der Waals surface area contributed by atoms with Gasteiger partial charge in [-0.2, -0.15) is 0 Å². The van der Waals surface area contributed by atoms with Crippen molar-refractivity contribution in [2.24, 2.45) is 0 Å². The van der Waals surface area contributed by atoms with E-state index < -0.39 is 0 Å². The lowest BCUT2D eigenvalue weighted by molar-refractivity contribution is 0.942. The summed E-state index contributed by atoms with van der Waals surface area (Å²) in [7, 11) is 0. The second-order valence-electron chi connectivity index (χ2n) is 2.43. The van der Waals surface area contributed by atoms with Crippen molar-refractivity contribution in [2.45, 2.75) is 19.8 Å². The van der Waals surface area contributed by atoms with Crippen molar-refractivity contribution in [2.75, 3.05) is 0 Å². The molecular weight excluding hydrogens is 134 g/mol. The van der Waals surface area contributed by atoms with E-state index in [2.05, 4.69) is 23.2 Å². The van der Waals surface area contributed by atoms with Crippen molar-refractivity contribution in [3.63, 3.8) is 0 Å². The molecule has 0 spiro atoms. The summed E-state index contributed by atoms with van der Waals surface area (Å²) in [4.78, 5) is 4.22. The average Bonchev–Trinajstić information content (AvgIpc) is 2.07. The molecule has 0 amide bonds. The molecule has 0 aliphatic rings. The molecule has 0 unspecified atom stereocenters. The van der Waals surface area contributed by atoms with Gasteiger partial charge in [-0.05, 0) is 31.9 Å². The second kappa shape index (κ2) is 4.67. The van der Waals surface area contributed by atoms with Gasteiger partial charge in [0.1, 0.15) is 0 Å². The van der Waals surface area contributed by atoms with E-state index in [9.17, 15) is 0 Å². The normalized spacial score (nSPS) is 10.6. The fraction of sp³-hybridized carbons (Fsp3) is 0.300. The van der Waals surface area contributed by atoms with Gasteiger partial charge in [0, 0.05) is 11.9 Å². The molecule has 0 radical (unpaired) electrons. The van der Waals surface area contributed by atoms with Crippen molar-refractivity contribution in [3.05, 3.63) is 42.2 Å². The summed E-state index contributed by atoms with van der Waals surface area (Å²) in [5.41, 5.74) is 1.17. The quantitative estimate of drug-likeness (QED) is 0.599. The summed E-state index contributed by atoms with van der Waals surface area (Å²) >= 11 is 0. The van der Waals surface area contributed by atoms with E-state index in [0.717, 1.165) is 12.8 Å². The Morgan fingerprint density at radius 3 is 3.00 bits per heavy atom. The van der Waals surface area contributed by atoms with E-state index in [1.807, 2.05) is 25.3 Å². The summed E-state index contributed by atoms with van der Waals surface area (Å²) in [6.45, 7) is 2.04. The van der Waals surface area contributed by atoms with E-state index in [1.54, 1.807) is 0 Å². The van der Waals surface area contributed by atoms with Crippen LogP contribution in [0.15, 0.2) is 36.5 Å². The van der Waals surface area contributed by atoms with Gasteiger partial charge in [0.25, 0.3) is 0 Å². The predicted molar refractivity (Wildman–Crippen MR) is 47.4 cm³/mol. The molecule has 1 aromatic heterocycles. The number of hydrogen-bond acceptors (Lipinski definition) is 1. The van der Waals surface area contributed by atoms with E-state index in [4.69, 9.17) is 0 Å². The van der Waals surface area contributed by atoms with Gasteiger partial charge in [-0.15, -0.1) is 0 Å². The molecule has 0 saturated heterocycles. The fourth-order valence-electron chi connectivity index (χ4n) is 0.944. The first-order chi connectivity index (χ1) is 5.43. The van der Waals surface area contributed by atoms with Gasteiger partial charge in [0.15, 0.2) is 0 Å². The number of hydrogen-bond donors (Lipinski definition) is 0. The smallest absolute Gasteiger partial charge is 0.0406 e. The zero-order valence-corrected chi connectivity index (χ0v) is 6.83. The van der Waals surface area contributed by atoms with E-state index in [1.165, 1.54) is 5.69 Å². The van der Waals surface area contributed by atoms with E-state index in [-0.39, 0.29) is 0 Å². The maximum absolute atomic E-state index is 4.22. The van der Waals surface area contributed by atoms with Crippen molar-refractivity contribution in [3.8, 4) is 0 Å². The summed E-state index contributed by atoms with van der Waals surface area (Å²) in [6.07, 6.45) is 8.21. The topological polar surface area (TPSA) is 12.9 Å². The molecule has 1 nitrogen and oxygen atoms in total.